The molecule has 0 unspecified atom stereocenters. The van der Waals surface area contributed by atoms with E-state index < -0.39 is 0 Å². The molecule has 0 atom stereocenters. The van der Waals surface area contributed by atoms with Gasteiger partial charge in [-0.15, -0.1) is 0 Å². The number of ether oxygens (including phenoxy) is 2. The van der Waals surface area contributed by atoms with Crippen LogP contribution in [0.25, 0.3) is 0 Å². The first-order chi connectivity index (χ1) is 12.3. The molecule has 132 valence electrons. The number of nitrogens with one attached hydrogen (secondary N) is 2. The van der Waals surface area contributed by atoms with E-state index in [2.05, 4.69) is 25.5 Å². The van der Waals surface area contributed by atoms with Gasteiger partial charge < -0.3 is 25.0 Å². The van der Waals surface area contributed by atoms with Crippen molar-refractivity contribution in [3.63, 3.8) is 0 Å². The van der Waals surface area contributed by atoms with Crippen molar-refractivity contribution in [3.05, 3.63) is 42.2 Å². The number of rotatable bonds is 5. The molecule has 8 heteroatoms. The molecule has 1 aliphatic heterocycles. The molecular formula is C17H21N5O3. The standard InChI is InChI=1S/C17H21N5O3/c1-24-15-5-3-2-4-14(15)21-17(23)19-12-13-6-7-18-16(20-13)22-8-10-25-11-9-22/h2-7H,8-12H2,1H3,(H2,19,21,23). The Balaban J connectivity index is 1.57. The Morgan fingerprint density at radius 1 is 1.28 bits per heavy atom. The average Bonchev–Trinajstić information content (AvgIpc) is 2.68. The monoisotopic (exact) mass is 343 g/mol. The first-order valence-corrected chi connectivity index (χ1v) is 8.09. The molecule has 1 fully saturated rings. The minimum atomic E-state index is -0.323. The highest BCUT2D eigenvalue weighted by atomic mass is 16.5. The summed E-state index contributed by atoms with van der Waals surface area (Å²) < 4.78 is 10.5. The topological polar surface area (TPSA) is 88.6 Å². The number of nitrogens with zero attached hydrogens (tertiary/aromatic N) is 3. The number of carbonyl (C=O) groups excluding carboxylic acids is 1. The Labute approximate surface area is 146 Å². The number of carbonyl (C=O) groups is 1. The van der Waals surface area contributed by atoms with Gasteiger partial charge in [-0.05, 0) is 18.2 Å². The molecular weight excluding hydrogens is 322 g/mol. The highest BCUT2D eigenvalue weighted by molar-refractivity contribution is 5.90. The van der Waals surface area contributed by atoms with Crippen LogP contribution in [0.15, 0.2) is 36.5 Å². The fourth-order valence-electron chi connectivity index (χ4n) is 2.48. The van der Waals surface area contributed by atoms with Gasteiger partial charge in [0.05, 0.1) is 38.2 Å². The van der Waals surface area contributed by atoms with Gasteiger partial charge in [-0.1, -0.05) is 12.1 Å². The summed E-state index contributed by atoms with van der Waals surface area (Å²) in [5, 5.41) is 5.55. The average molecular weight is 343 g/mol. The third-order valence-corrected chi connectivity index (χ3v) is 3.78. The fraction of sp³-hybridized carbons (Fsp3) is 0.353. The number of aromatic nitrogens is 2. The van der Waals surface area contributed by atoms with E-state index in [4.69, 9.17) is 9.47 Å². The van der Waals surface area contributed by atoms with Gasteiger partial charge in [-0.25, -0.2) is 14.8 Å². The number of morpholine rings is 1. The summed E-state index contributed by atoms with van der Waals surface area (Å²) >= 11 is 0. The first-order valence-electron chi connectivity index (χ1n) is 8.09. The summed E-state index contributed by atoms with van der Waals surface area (Å²) in [4.78, 5) is 23.0. The van der Waals surface area contributed by atoms with Crippen molar-refractivity contribution in [1.29, 1.82) is 0 Å². The molecule has 0 aliphatic carbocycles. The summed E-state index contributed by atoms with van der Waals surface area (Å²) in [6, 6.07) is 8.70. The van der Waals surface area contributed by atoms with Gasteiger partial charge in [0.15, 0.2) is 0 Å². The normalized spacial score (nSPS) is 14.0. The van der Waals surface area contributed by atoms with Gasteiger partial charge in [-0.2, -0.15) is 0 Å². The molecule has 0 spiro atoms. The predicted octanol–water partition coefficient (Wildman–Crippen LogP) is 1.64. The summed E-state index contributed by atoms with van der Waals surface area (Å²) in [6.45, 7) is 3.19. The van der Waals surface area contributed by atoms with Crippen LogP contribution in [0.1, 0.15) is 5.69 Å². The van der Waals surface area contributed by atoms with Crippen LogP contribution in [-0.2, 0) is 11.3 Å². The Morgan fingerprint density at radius 2 is 2.08 bits per heavy atom. The number of benzene rings is 1. The Kier molecular flexibility index (Phi) is 5.63. The Hall–Kier alpha value is -2.87. The number of urea groups is 1. The maximum atomic E-state index is 12.1. The van der Waals surface area contributed by atoms with Crippen molar-refractivity contribution >= 4 is 17.7 Å². The quantitative estimate of drug-likeness (QED) is 0.858. The van der Waals surface area contributed by atoms with E-state index in [1.807, 2.05) is 12.1 Å². The predicted molar refractivity (Wildman–Crippen MR) is 93.9 cm³/mol. The van der Waals surface area contributed by atoms with Gasteiger partial charge in [0.25, 0.3) is 0 Å². The molecule has 3 rings (SSSR count). The summed E-state index contributed by atoms with van der Waals surface area (Å²) in [5.74, 6) is 1.27. The number of hydrogen-bond donors (Lipinski definition) is 2. The molecule has 1 saturated heterocycles. The molecule has 2 aromatic rings. The third kappa shape index (κ3) is 4.57. The number of anilines is 2. The Morgan fingerprint density at radius 3 is 2.88 bits per heavy atom. The lowest BCUT2D eigenvalue weighted by Gasteiger charge is -2.26. The van der Waals surface area contributed by atoms with E-state index in [1.165, 1.54) is 0 Å². The van der Waals surface area contributed by atoms with Crippen LogP contribution in [-0.4, -0.2) is 49.4 Å². The van der Waals surface area contributed by atoms with E-state index in [0.717, 1.165) is 18.8 Å². The molecule has 1 aromatic heterocycles. The zero-order valence-electron chi connectivity index (χ0n) is 14.1. The van der Waals surface area contributed by atoms with Crippen LogP contribution in [0.3, 0.4) is 0 Å². The van der Waals surface area contributed by atoms with Crippen LogP contribution < -0.4 is 20.3 Å². The van der Waals surface area contributed by atoms with Gasteiger partial charge >= 0.3 is 6.03 Å². The van der Waals surface area contributed by atoms with E-state index in [0.29, 0.717) is 37.1 Å². The Bertz CT molecular complexity index is 719. The van der Waals surface area contributed by atoms with Gasteiger partial charge in [0.2, 0.25) is 5.95 Å². The lowest BCUT2D eigenvalue weighted by atomic mass is 10.3. The molecule has 2 N–H and O–H groups in total. The first kappa shape index (κ1) is 17.0. The zero-order valence-corrected chi connectivity index (χ0v) is 14.1. The third-order valence-electron chi connectivity index (χ3n) is 3.78. The minimum Gasteiger partial charge on any atom is -0.495 e. The molecule has 2 heterocycles. The van der Waals surface area contributed by atoms with Gasteiger partial charge in [-0.3, -0.25) is 0 Å². The molecule has 0 radical (unpaired) electrons. The van der Waals surface area contributed by atoms with E-state index >= 15 is 0 Å². The van der Waals surface area contributed by atoms with Crippen LogP contribution in [0.2, 0.25) is 0 Å². The van der Waals surface area contributed by atoms with Crippen LogP contribution in [0.4, 0.5) is 16.4 Å². The molecule has 0 saturated carbocycles. The summed E-state index contributed by atoms with van der Waals surface area (Å²) in [7, 11) is 1.56. The van der Waals surface area contributed by atoms with E-state index in [1.54, 1.807) is 31.5 Å². The zero-order chi connectivity index (χ0) is 17.5. The molecule has 2 amide bonds. The number of para-hydroxylation sites is 2. The van der Waals surface area contributed by atoms with Crippen molar-refractivity contribution in [2.24, 2.45) is 0 Å². The second-order valence-electron chi connectivity index (χ2n) is 5.46. The molecule has 25 heavy (non-hydrogen) atoms. The van der Waals surface area contributed by atoms with Crippen LogP contribution in [0.5, 0.6) is 5.75 Å². The van der Waals surface area contributed by atoms with E-state index in [-0.39, 0.29) is 6.03 Å². The second-order valence-corrected chi connectivity index (χ2v) is 5.46. The minimum absolute atomic E-state index is 0.306. The highest BCUT2D eigenvalue weighted by Gasteiger charge is 2.14. The fourth-order valence-corrected chi connectivity index (χ4v) is 2.48. The van der Waals surface area contributed by atoms with Gasteiger partial charge in [0, 0.05) is 19.3 Å². The number of amides is 2. The summed E-state index contributed by atoms with van der Waals surface area (Å²) in [5.41, 5.74) is 1.35. The van der Waals surface area contributed by atoms with Crippen molar-refractivity contribution in [1.82, 2.24) is 15.3 Å². The van der Waals surface area contributed by atoms with Gasteiger partial charge in [0.1, 0.15) is 5.75 Å². The lowest BCUT2D eigenvalue weighted by molar-refractivity contribution is 0.122. The second kappa shape index (κ2) is 8.29. The molecule has 1 aliphatic rings. The van der Waals surface area contributed by atoms with Crippen molar-refractivity contribution in [3.8, 4) is 5.75 Å². The van der Waals surface area contributed by atoms with Crippen LogP contribution in [0, 0.1) is 0 Å². The molecule has 0 bridgehead atoms. The number of hydrogen-bond acceptors (Lipinski definition) is 6. The molecule has 1 aromatic carbocycles. The maximum absolute atomic E-state index is 12.1. The largest absolute Gasteiger partial charge is 0.495 e. The van der Waals surface area contributed by atoms with Crippen LogP contribution >= 0.6 is 0 Å². The van der Waals surface area contributed by atoms with Crippen molar-refractivity contribution in [2.45, 2.75) is 6.54 Å². The van der Waals surface area contributed by atoms with E-state index in [9.17, 15) is 4.79 Å². The van der Waals surface area contributed by atoms with Crippen molar-refractivity contribution < 1.29 is 14.3 Å². The SMILES string of the molecule is COc1ccccc1NC(=O)NCc1ccnc(N2CCOCC2)n1. The smallest absolute Gasteiger partial charge is 0.319 e. The highest BCUT2D eigenvalue weighted by Crippen LogP contribution is 2.22. The maximum Gasteiger partial charge on any atom is 0.319 e. The van der Waals surface area contributed by atoms with Crippen molar-refractivity contribution in [2.75, 3.05) is 43.6 Å². The summed E-state index contributed by atoms with van der Waals surface area (Å²) in [6.07, 6.45) is 1.70. The number of methoxy groups -OCH3 is 1. The lowest BCUT2D eigenvalue weighted by Crippen LogP contribution is -2.37. The molecule has 8 nitrogen and oxygen atoms in total.